The highest BCUT2D eigenvalue weighted by atomic mass is 19.3. The third kappa shape index (κ3) is 5.34. The number of hydrogen-bond acceptors (Lipinski definition) is 8. The smallest absolute Gasteiger partial charge is 0.318 e. The fourth-order valence-corrected chi connectivity index (χ4v) is 6.52. The summed E-state index contributed by atoms with van der Waals surface area (Å²) in [5.41, 5.74) is -0.203. The van der Waals surface area contributed by atoms with E-state index in [1.54, 1.807) is 55.1 Å². The van der Waals surface area contributed by atoms with E-state index in [0.717, 1.165) is 6.42 Å². The molecule has 2 N–H and O–H groups in total. The van der Waals surface area contributed by atoms with Crippen LogP contribution in [0.5, 0.6) is 11.8 Å². The Morgan fingerprint density at radius 3 is 2.67 bits per heavy atom. The Morgan fingerprint density at radius 2 is 2.00 bits per heavy atom. The quantitative estimate of drug-likeness (QED) is 0.401. The summed E-state index contributed by atoms with van der Waals surface area (Å²) < 4.78 is 34.7. The van der Waals surface area contributed by atoms with Crippen LogP contribution in [-0.4, -0.2) is 87.7 Å². The number of alkyl halides is 2. The van der Waals surface area contributed by atoms with Crippen molar-refractivity contribution < 1.29 is 28.5 Å². The lowest BCUT2D eigenvalue weighted by molar-refractivity contribution is 0.0285. The molecule has 2 aliphatic heterocycles. The number of carbonyl (C=O) groups excluding carboxylic acids is 1. The van der Waals surface area contributed by atoms with Gasteiger partial charge in [0.15, 0.2) is 0 Å². The Morgan fingerprint density at radius 1 is 1.23 bits per heavy atom. The second-order valence-electron chi connectivity index (χ2n) is 12.7. The maximum Gasteiger partial charge on any atom is 0.318 e. The summed E-state index contributed by atoms with van der Waals surface area (Å²) in [4.78, 5) is 28.5. The van der Waals surface area contributed by atoms with Crippen molar-refractivity contribution in [1.29, 1.82) is 0 Å². The van der Waals surface area contributed by atoms with Gasteiger partial charge in [-0.2, -0.15) is 9.97 Å². The van der Waals surface area contributed by atoms with Crippen molar-refractivity contribution in [3.8, 4) is 24.1 Å². The van der Waals surface area contributed by atoms with Crippen molar-refractivity contribution in [3.05, 3.63) is 52.7 Å². The molecule has 43 heavy (non-hydrogen) atoms. The number of anilines is 1. The molecular weight excluding hydrogens is 556 g/mol. The van der Waals surface area contributed by atoms with Gasteiger partial charge in [0, 0.05) is 42.6 Å². The predicted molar refractivity (Wildman–Crippen MR) is 157 cm³/mol. The van der Waals surface area contributed by atoms with Crippen LogP contribution >= 0.6 is 0 Å². The average Bonchev–Trinajstić information content (AvgIpc) is 3.24. The largest absolute Gasteiger partial charge is 0.508 e. The molecule has 6 rings (SSSR count). The fourth-order valence-electron chi connectivity index (χ4n) is 6.52. The molecule has 2 aromatic carbocycles. The monoisotopic (exact) mass is 591 g/mol. The van der Waals surface area contributed by atoms with Gasteiger partial charge in [-0.3, -0.25) is 4.79 Å². The second kappa shape index (κ2) is 10.3. The third-order valence-corrected chi connectivity index (χ3v) is 8.66. The van der Waals surface area contributed by atoms with E-state index in [-0.39, 0.29) is 55.9 Å². The van der Waals surface area contributed by atoms with E-state index in [1.165, 1.54) is 6.07 Å². The number of piperidine rings is 1. The van der Waals surface area contributed by atoms with Gasteiger partial charge in [0.25, 0.3) is 11.8 Å². The highest BCUT2D eigenvalue weighted by Crippen LogP contribution is 2.60. The summed E-state index contributed by atoms with van der Waals surface area (Å²) in [6.07, 6.45) is 6.84. The molecule has 2 atom stereocenters. The highest BCUT2D eigenvalue weighted by Gasteiger charge is 2.71. The van der Waals surface area contributed by atoms with E-state index in [1.807, 2.05) is 4.90 Å². The Labute approximate surface area is 249 Å². The van der Waals surface area contributed by atoms with Gasteiger partial charge in [0.2, 0.25) is 0 Å². The van der Waals surface area contributed by atoms with Crippen LogP contribution in [-0.2, 0) is 13.1 Å². The lowest BCUT2D eigenvalue weighted by Gasteiger charge is -2.38. The minimum atomic E-state index is -2.84. The van der Waals surface area contributed by atoms with Crippen molar-refractivity contribution in [2.24, 2.45) is 5.41 Å². The van der Waals surface area contributed by atoms with Gasteiger partial charge in [-0.1, -0.05) is 18.1 Å². The van der Waals surface area contributed by atoms with Crippen LogP contribution in [0, 0.1) is 17.8 Å². The fraction of sp³-hybridized carbons (Fsp3) is 0.469. The average molecular weight is 592 g/mol. The van der Waals surface area contributed by atoms with Gasteiger partial charge in [-0.15, -0.1) is 6.42 Å². The number of ether oxygens (including phenoxy) is 1. The van der Waals surface area contributed by atoms with Crippen LogP contribution in [0.4, 0.5) is 14.6 Å². The number of aliphatic hydroxyl groups is 1. The van der Waals surface area contributed by atoms with Gasteiger partial charge in [-0.05, 0) is 57.4 Å². The van der Waals surface area contributed by atoms with Crippen LogP contribution in [0.25, 0.3) is 10.8 Å². The standard InChI is InChI=1S/C32H35F2N5O4/c1-5-20-8-6-9-21-12-22(40)13-23(26(20)21)28(41)39-14-24-25(15-39)35-29(36-27(24)38-11-7-10-30(2,42)17-38)43-19-31(18-37(3)4)16-32(31,33)34/h1,6,8-9,12-13,40,42H,7,10-11,14-19H2,2-4H3/t30-,31?/m1/s1. The second-order valence-corrected chi connectivity index (χ2v) is 12.7. The first kappa shape index (κ1) is 29.1. The molecule has 1 aliphatic carbocycles. The van der Waals surface area contributed by atoms with Crippen molar-refractivity contribution in [3.63, 3.8) is 0 Å². The van der Waals surface area contributed by atoms with Crippen LogP contribution in [0.1, 0.15) is 53.4 Å². The molecule has 3 aromatic rings. The van der Waals surface area contributed by atoms with Gasteiger partial charge in [0.05, 0.1) is 35.4 Å². The maximum atomic E-state index is 14.4. The number of phenols is 1. The summed E-state index contributed by atoms with van der Waals surface area (Å²) in [6.45, 7) is 2.92. The SMILES string of the molecule is C#Cc1cccc2cc(O)cc(C(=O)N3Cc4nc(OCC5(CN(C)C)CC5(F)F)nc(N5CCC[C@@](C)(O)C5)c4C3)c12. The molecule has 1 amide bonds. The predicted octanol–water partition coefficient (Wildman–Crippen LogP) is 3.79. The van der Waals surface area contributed by atoms with E-state index >= 15 is 0 Å². The normalized spacial score (nSPS) is 24.2. The van der Waals surface area contributed by atoms with Gasteiger partial charge < -0.3 is 29.6 Å². The number of rotatable bonds is 7. The van der Waals surface area contributed by atoms with Crippen molar-refractivity contribution in [2.45, 2.75) is 50.8 Å². The number of carbonyl (C=O) groups is 1. The molecule has 3 heterocycles. The number of terminal acetylenes is 1. The van der Waals surface area contributed by atoms with Crippen LogP contribution < -0.4 is 9.64 Å². The number of aromatic hydroxyl groups is 1. The van der Waals surface area contributed by atoms with Crippen LogP contribution in [0.2, 0.25) is 0 Å². The van der Waals surface area contributed by atoms with Gasteiger partial charge in [0.1, 0.15) is 18.2 Å². The van der Waals surface area contributed by atoms with Crippen LogP contribution in [0.15, 0.2) is 30.3 Å². The van der Waals surface area contributed by atoms with Crippen molar-refractivity contribution in [2.75, 3.05) is 45.2 Å². The number of phenolic OH excluding ortho intramolecular Hbond substituents is 1. The zero-order chi connectivity index (χ0) is 30.7. The number of nitrogens with zero attached hydrogens (tertiary/aromatic N) is 5. The third-order valence-electron chi connectivity index (χ3n) is 8.66. The Kier molecular flexibility index (Phi) is 6.98. The van der Waals surface area contributed by atoms with E-state index in [9.17, 15) is 23.8 Å². The summed E-state index contributed by atoms with van der Waals surface area (Å²) in [5.74, 6) is -0.0945. The molecular formula is C32H35F2N5O4. The minimum Gasteiger partial charge on any atom is -0.508 e. The Bertz CT molecular complexity index is 1650. The highest BCUT2D eigenvalue weighted by molar-refractivity contribution is 6.09. The molecule has 1 unspecified atom stereocenters. The molecule has 2 fully saturated rings. The Hall–Kier alpha value is -4.01. The number of β-amino-alcohol motifs (C(OH)–C–C–N with tert-alkyl or cyclic N) is 1. The molecule has 9 nitrogen and oxygen atoms in total. The molecule has 1 saturated carbocycles. The minimum absolute atomic E-state index is 0.0356. The number of aromatic nitrogens is 2. The molecule has 226 valence electrons. The maximum absolute atomic E-state index is 14.4. The molecule has 0 bridgehead atoms. The molecule has 0 radical (unpaired) electrons. The summed E-state index contributed by atoms with van der Waals surface area (Å²) in [6, 6.07) is 8.25. The number of amides is 1. The summed E-state index contributed by atoms with van der Waals surface area (Å²) in [7, 11) is 3.49. The zero-order valence-corrected chi connectivity index (χ0v) is 24.5. The molecule has 3 aliphatic rings. The number of fused-ring (bicyclic) bond motifs is 2. The van der Waals surface area contributed by atoms with Gasteiger partial charge >= 0.3 is 6.01 Å². The molecule has 11 heteroatoms. The van der Waals surface area contributed by atoms with E-state index in [4.69, 9.17) is 11.2 Å². The lowest BCUT2D eigenvalue weighted by atomic mass is 9.95. The topological polar surface area (TPSA) is 102 Å². The van der Waals surface area contributed by atoms with Crippen LogP contribution in [0.3, 0.4) is 0 Å². The first-order chi connectivity index (χ1) is 20.3. The first-order valence-corrected chi connectivity index (χ1v) is 14.4. The van der Waals surface area contributed by atoms with E-state index in [0.29, 0.717) is 52.9 Å². The first-order valence-electron chi connectivity index (χ1n) is 14.4. The molecule has 1 aromatic heterocycles. The van der Waals surface area contributed by atoms with Crippen molar-refractivity contribution in [1.82, 2.24) is 19.8 Å². The van der Waals surface area contributed by atoms with E-state index < -0.39 is 16.9 Å². The molecule has 0 spiro atoms. The lowest BCUT2D eigenvalue weighted by Crippen LogP contribution is -2.47. The van der Waals surface area contributed by atoms with Crippen molar-refractivity contribution >= 4 is 22.5 Å². The number of benzene rings is 2. The number of hydrogen-bond donors (Lipinski definition) is 2. The van der Waals surface area contributed by atoms with E-state index in [2.05, 4.69) is 15.9 Å². The summed E-state index contributed by atoms with van der Waals surface area (Å²) >= 11 is 0. The summed E-state index contributed by atoms with van der Waals surface area (Å²) in [5, 5.41) is 22.5. The molecule has 1 saturated heterocycles. The Balaban J connectivity index is 1.35. The number of halogens is 2. The van der Waals surface area contributed by atoms with Gasteiger partial charge in [-0.25, -0.2) is 8.78 Å². The zero-order valence-electron chi connectivity index (χ0n) is 24.5.